The van der Waals surface area contributed by atoms with Crippen LogP contribution in [0, 0.1) is 25.6 Å². The van der Waals surface area contributed by atoms with Gasteiger partial charge in [-0.25, -0.2) is 4.39 Å². The van der Waals surface area contributed by atoms with E-state index < -0.39 is 8.07 Å². The van der Waals surface area contributed by atoms with Crippen molar-refractivity contribution >= 4 is 56.7 Å². The summed E-state index contributed by atoms with van der Waals surface area (Å²) in [6.45, 7) is 13.6. The molecule has 0 radical (unpaired) electrons. The van der Waals surface area contributed by atoms with Crippen LogP contribution in [-0.4, -0.2) is 56.4 Å². The first-order valence-electron chi connectivity index (χ1n) is 17.7. The van der Waals surface area contributed by atoms with Gasteiger partial charge in [-0.2, -0.15) is 0 Å². The van der Waals surface area contributed by atoms with E-state index in [0.717, 1.165) is 62.6 Å². The van der Waals surface area contributed by atoms with E-state index in [1.54, 1.807) is 12.1 Å². The third kappa shape index (κ3) is 5.10. The highest BCUT2D eigenvalue weighted by Crippen LogP contribution is 2.41. The summed E-state index contributed by atoms with van der Waals surface area (Å²) in [5.41, 5.74) is 6.65. The van der Waals surface area contributed by atoms with Gasteiger partial charge < -0.3 is 14.3 Å². The van der Waals surface area contributed by atoms with E-state index in [-0.39, 0.29) is 16.4 Å². The summed E-state index contributed by atoms with van der Waals surface area (Å²) in [5.74, 6) is 0.746. The number of hydrogen-bond donors (Lipinski definition) is 0. The zero-order valence-electron chi connectivity index (χ0n) is 30.1. The van der Waals surface area contributed by atoms with Crippen molar-refractivity contribution in [1.29, 1.82) is 0 Å². The van der Waals surface area contributed by atoms with Gasteiger partial charge in [0.15, 0.2) is 0 Å². The number of aromatic nitrogens is 1. The molecule has 6 heteroatoms. The van der Waals surface area contributed by atoms with Crippen molar-refractivity contribution < 1.29 is 13.9 Å². The number of aryl methyl sites for hydroxylation is 2. The van der Waals surface area contributed by atoms with Crippen molar-refractivity contribution in [3.8, 4) is 11.4 Å². The number of fused-ring (bicyclic) bond motifs is 6. The lowest BCUT2D eigenvalue weighted by molar-refractivity contribution is -1.03. The van der Waals surface area contributed by atoms with Gasteiger partial charge in [-0.1, -0.05) is 85.9 Å². The van der Waals surface area contributed by atoms with E-state index >= 15 is 4.39 Å². The Morgan fingerprint density at radius 1 is 0.776 bits per heavy atom. The van der Waals surface area contributed by atoms with Crippen molar-refractivity contribution in [2.75, 3.05) is 34.2 Å². The molecule has 8 rings (SSSR count). The van der Waals surface area contributed by atoms with Gasteiger partial charge >= 0.3 is 0 Å². The summed E-state index contributed by atoms with van der Waals surface area (Å²) in [5, 5.41) is 10.0. The molecule has 2 aliphatic rings. The third-order valence-corrected chi connectivity index (χ3v) is 14.6. The second-order valence-corrected chi connectivity index (χ2v) is 20.0. The Kier molecular flexibility index (Phi) is 7.36. The van der Waals surface area contributed by atoms with Gasteiger partial charge in [-0.05, 0) is 77.2 Å². The Balaban J connectivity index is 1.47. The minimum absolute atomic E-state index is 0.211. The highest BCUT2D eigenvalue weighted by atomic mass is 28.3. The van der Waals surface area contributed by atoms with Gasteiger partial charge in [-0.3, -0.25) is 0 Å². The molecule has 6 aromatic rings. The summed E-state index contributed by atoms with van der Waals surface area (Å²) >= 11 is 0. The lowest BCUT2D eigenvalue weighted by atomic mass is 10.1. The first kappa shape index (κ1) is 31.8. The second kappa shape index (κ2) is 11.3. The highest BCUT2D eigenvalue weighted by molar-refractivity contribution is 7.04. The smallest absolute Gasteiger partial charge is 0.213 e. The summed E-state index contributed by atoms with van der Waals surface area (Å²) in [4.78, 5) is 9.66. The minimum Gasteiger partial charge on any atom is -0.374 e. The largest absolute Gasteiger partial charge is 0.374 e. The molecule has 5 aromatic carbocycles. The van der Waals surface area contributed by atoms with E-state index in [1.807, 2.05) is 21.1 Å². The van der Waals surface area contributed by atoms with E-state index in [4.69, 9.17) is 4.84 Å². The van der Waals surface area contributed by atoms with Crippen LogP contribution in [0.2, 0.25) is 13.1 Å². The summed E-state index contributed by atoms with van der Waals surface area (Å²) in [6.07, 6.45) is 2.44. The summed E-state index contributed by atoms with van der Waals surface area (Å²) in [7, 11) is 3.48. The molecular weight excluding hydrogens is 622 g/mol. The molecule has 0 bridgehead atoms. The molecule has 1 aliphatic heterocycles. The maximum atomic E-state index is 16.5. The molecule has 0 saturated carbocycles. The van der Waals surface area contributed by atoms with Crippen molar-refractivity contribution in [2.45, 2.75) is 46.7 Å². The van der Waals surface area contributed by atoms with Crippen molar-refractivity contribution in [3.05, 3.63) is 112 Å². The first-order chi connectivity index (χ1) is 23.3. The third-order valence-electron chi connectivity index (χ3n) is 10.8. The fraction of sp³-hybridized carbons (Fsp3) is 0.302. The molecule has 1 fully saturated rings. The van der Waals surface area contributed by atoms with E-state index in [0.29, 0.717) is 0 Å². The molecule has 0 amide bonds. The lowest BCUT2D eigenvalue weighted by Crippen LogP contribution is -2.50. The molecule has 250 valence electrons. The molecule has 1 saturated heterocycles. The molecule has 4 nitrogen and oxygen atoms in total. The van der Waals surface area contributed by atoms with Gasteiger partial charge in [0.1, 0.15) is 35.0 Å². The standard InChI is InChI=1S/C43H47FN3OSi/c1-27-15-18-33-34-19-16-28(2)24-37(34)46(36(33)23-27)38-25-31(44)26-39(42(38)48-47(4,5)6)49(7,8)43-29(3)41(45-21-11-12-22-45)40-32-14-10-9-13-30(32)17-20-35(40)43/h9-10,13-20,23-26,29H,11-12,21-22H2,1-8H3/q+1/t29-/m1/s1. The molecule has 49 heavy (non-hydrogen) atoms. The predicted molar refractivity (Wildman–Crippen MR) is 206 cm³/mol. The van der Waals surface area contributed by atoms with Crippen molar-refractivity contribution in [1.82, 2.24) is 9.47 Å². The van der Waals surface area contributed by atoms with Crippen LogP contribution >= 0.6 is 0 Å². The predicted octanol–water partition coefficient (Wildman–Crippen LogP) is 7.85. The van der Waals surface area contributed by atoms with Crippen LogP contribution in [0.25, 0.3) is 49.2 Å². The van der Waals surface area contributed by atoms with Crippen LogP contribution in [-0.2, 0) is 0 Å². The monoisotopic (exact) mass is 668 g/mol. The average molecular weight is 669 g/mol. The molecule has 0 N–H and O–H groups in total. The average Bonchev–Trinajstić information content (AvgIpc) is 3.75. The fourth-order valence-electron chi connectivity index (χ4n) is 8.85. The number of rotatable bonds is 6. The van der Waals surface area contributed by atoms with E-state index in [2.05, 4.69) is 116 Å². The van der Waals surface area contributed by atoms with Crippen LogP contribution in [0.15, 0.2) is 84.9 Å². The Bertz CT molecular complexity index is 2390. The van der Waals surface area contributed by atoms with Crippen LogP contribution in [0.5, 0.6) is 5.75 Å². The number of likely N-dealkylation sites (tertiary alicyclic amines) is 1. The Labute approximate surface area is 289 Å². The van der Waals surface area contributed by atoms with Crippen molar-refractivity contribution in [3.63, 3.8) is 0 Å². The Morgan fingerprint density at radius 2 is 1.41 bits per heavy atom. The quantitative estimate of drug-likeness (QED) is 0.102. The lowest BCUT2D eigenvalue weighted by Gasteiger charge is -2.35. The maximum absolute atomic E-state index is 16.5. The van der Waals surface area contributed by atoms with Gasteiger partial charge in [0.05, 0.1) is 16.7 Å². The number of quaternary nitrogens is 1. The summed E-state index contributed by atoms with van der Waals surface area (Å²) in [6, 6.07) is 30.1. The molecule has 1 atom stereocenters. The molecule has 0 spiro atoms. The minimum atomic E-state index is -2.64. The van der Waals surface area contributed by atoms with Crippen molar-refractivity contribution in [2.24, 2.45) is 5.92 Å². The first-order valence-corrected chi connectivity index (χ1v) is 20.7. The number of hydroxylamine groups is 3. The van der Waals surface area contributed by atoms with Crippen LogP contribution in [0.4, 0.5) is 4.39 Å². The SMILES string of the molecule is Cc1ccc2c3ccc(C)cc3n(-c3cc(F)cc([Si](C)(C)C4=c5ccc6ccccc6c5=C(N5CCCC5)[C@H]4C)c3O[N+](C)(C)C)c2c1. The highest BCUT2D eigenvalue weighted by Gasteiger charge is 2.42. The Morgan fingerprint density at radius 3 is 2.04 bits per heavy atom. The molecule has 1 aromatic heterocycles. The zero-order chi connectivity index (χ0) is 34.4. The van der Waals surface area contributed by atoms with E-state index in [1.165, 1.54) is 44.9 Å². The fourth-order valence-corrected chi connectivity index (χ4v) is 12.5. The second-order valence-electron chi connectivity index (χ2n) is 15.7. The zero-order valence-corrected chi connectivity index (χ0v) is 31.1. The Hall–Kier alpha value is -4.39. The molecular formula is C43H47FN3OSi+. The van der Waals surface area contributed by atoms with Gasteiger partial charge in [-0.15, -0.1) is 4.65 Å². The van der Waals surface area contributed by atoms with Gasteiger partial charge in [0.2, 0.25) is 5.75 Å². The normalized spacial score (nSPS) is 16.8. The van der Waals surface area contributed by atoms with Crippen LogP contribution in [0.1, 0.15) is 30.9 Å². The number of hydrogen-bond acceptors (Lipinski definition) is 2. The molecule has 2 heterocycles. The molecule has 1 aliphatic carbocycles. The van der Waals surface area contributed by atoms with Crippen LogP contribution in [0.3, 0.4) is 0 Å². The topological polar surface area (TPSA) is 17.4 Å². The summed E-state index contributed by atoms with van der Waals surface area (Å²) < 4.78 is 19.0. The maximum Gasteiger partial charge on any atom is 0.213 e. The van der Waals surface area contributed by atoms with Gasteiger partial charge in [0.25, 0.3) is 0 Å². The van der Waals surface area contributed by atoms with Gasteiger partial charge in [0, 0.05) is 46.8 Å². The number of benzene rings is 5. The number of halogens is 1. The molecule has 0 unspecified atom stereocenters. The van der Waals surface area contributed by atoms with E-state index in [9.17, 15) is 0 Å². The van der Waals surface area contributed by atoms with Crippen LogP contribution < -0.4 is 20.5 Å². The number of nitrogens with zero attached hydrogens (tertiary/aromatic N) is 3.